The first-order valence-electron chi connectivity index (χ1n) is 4.71. The Morgan fingerprint density at radius 2 is 1.29 bits per heavy atom. The summed E-state index contributed by atoms with van der Waals surface area (Å²) < 4.78 is 0. The lowest BCUT2D eigenvalue weighted by Gasteiger charge is -2.45. The molecule has 0 heterocycles. The molecule has 0 N–H and O–H groups in total. The van der Waals surface area contributed by atoms with Crippen LogP contribution in [0.15, 0.2) is 12.2 Å². The maximum Gasteiger partial charge on any atom is 0.0457 e. The molecule has 0 aliphatic heterocycles. The van der Waals surface area contributed by atoms with Crippen LogP contribution in [0.5, 0.6) is 0 Å². The van der Waals surface area contributed by atoms with Gasteiger partial charge in [-0.25, -0.2) is 0 Å². The van der Waals surface area contributed by atoms with Gasteiger partial charge in [0.1, 0.15) is 0 Å². The zero-order valence-electron chi connectivity index (χ0n) is 7.51. The molecule has 4 atom stereocenters. The highest BCUT2D eigenvalue weighted by Gasteiger charge is 2.41. The highest BCUT2D eigenvalue weighted by atomic mass is 16.4. The molecule has 3 aliphatic rings. The lowest BCUT2D eigenvalue weighted by Crippen LogP contribution is -2.53. The molecule has 0 aromatic heterocycles. The van der Waals surface area contributed by atoms with Crippen molar-refractivity contribution in [3.8, 4) is 0 Å². The molecule has 4 nitrogen and oxygen atoms in total. The minimum atomic E-state index is -1.27. The summed E-state index contributed by atoms with van der Waals surface area (Å²) >= 11 is 0. The maximum atomic E-state index is 10.8. The Bertz CT molecular complexity index is 277. The second kappa shape index (κ2) is 3.12. The fourth-order valence-electron chi connectivity index (χ4n) is 2.64. The number of hydrogen-bond donors (Lipinski definition) is 0. The summed E-state index contributed by atoms with van der Waals surface area (Å²) in [5.41, 5.74) is 0. The van der Waals surface area contributed by atoms with E-state index in [4.69, 9.17) is 0 Å². The van der Waals surface area contributed by atoms with Crippen molar-refractivity contribution in [1.29, 1.82) is 0 Å². The van der Waals surface area contributed by atoms with Crippen LogP contribution in [0.25, 0.3) is 0 Å². The number of hydrogen-bond acceptors (Lipinski definition) is 4. The minimum Gasteiger partial charge on any atom is -0.550 e. The average molecular weight is 194 g/mol. The van der Waals surface area contributed by atoms with Crippen molar-refractivity contribution in [3.63, 3.8) is 0 Å². The third-order valence-corrected chi connectivity index (χ3v) is 3.29. The van der Waals surface area contributed by atoms with Gasteiger partial charge in [-0.1, -0.05) is 12.2 Å². The van der Waals surface area contributed by atoms with E-state index < -0.39 is 23.8 Å². The molecule has 0 radical (unpaired) electrons. The molecule has 2 bridgehead atoms. The number of carbonyl (C=O) groups excluding carboxylic acids is 2. The van der Waals surface area contributed by atoms with E-state index in [-0.39, 0.29) is 11.8 Å². The second-order valence-corrected chi connectivity index (χ2v) is 3.98. The molecule has 0 unspecified atom stereocenters. The molecule has 0 aromatic carbocycles. The lowest BCUT2D eigenvalue weighted by atomic mass is 9.62. The maximum absolute atomic E-state index is 10.8. The van der Waals surface area contributed by atoms with E-state index in [2.05, 4.69) is 0 Å². The predicted octanol–water partition coefficient (Wildman–Crippen LogP) is -1.69. The average Bonchev–Trinajstić information content (AvgIpc) is 2.17. The van der Waals surface area contributed by atoms with E-state index >= 15 is 0 Å². The van der Waals surface area contributed by atoms with Crippen LogP contribution >= 0.6 is 0 Å². The number of allylic oxidation sites excluding steroid dienone is 2. The topological polar surface area (TPSA) is 80.3 Å². The number of fused-ring (bicyclic) bond motifs is 2. The van der Waals surface area contributed by atoms with Gasteiger partial charge in [0.15, 0.2) is 0 Å². The summed E-state index contributed by atoms with van der Waals surface area (Å²) in [5, 5.41) is 21.6. The van der Waals surface area contributed by atoms with Crippen LogP contribution in [0.1, 0.15) is 12.8 Å². The van der Waals surface area contributed by atoms with E-state index in [9.17, 15) is 19.8 Å². The lowest BCUT2D eigenvalue weighted by molar-refractivity contribution is -0.331. The first kappa shape index (κ1) is 9.24. The van der Waals surface area contributed by atoms with Gasteiger partial charge in [-0.2, -0.15) is 0 Å². The zero-order valence-corrected chi connectivity index (χ0v) is 7.51. The highest BCUT2D eigenvalue weighted by molar-refractivity contribution is 5.79. The normalized spacial score (nSPS) is 39.7. The van der Waals surface area contributed by atoms with E-state index in [0.717, 1.165) is 12.8 Å². The Morgan fingerprint density at radius 3 is 1.50 bits per heavy atom. The van der Waals surface area contributed by atoms with Crippen LogP contribution in [-0.2, 0) is 9.59 Å². The minimum absolute atomic E-state index is 0.187. The molecule has 0 aromatic rings. The van der Waals surface area contributed by atoms with E-state index in [0.29, 0.717) is 0 Å². The van der Waals surface area contributed by atoms with Crippen molar-refractivity contribution in [3.05, 3.63) is 12.2 Å². The van der Waals surface area contributed by atoms with Gasteiger partial charge >= 0.3 is 0 Å². The largest absolute Gasteiger partial charge is 0.550 e. The second-order valence-electron chi connectivity index (χ2n) is 3.98. The summed E-state index contributed by atoms with van der Waals surface area (Å²) in [7, 11) is 0. The van der Waals surface area contributed by atoms with Gasteiger partial charge in [-0.15, -0.1) is 0 Å². The van der Waals surface area contributed by atoms with Crippen molar-refractivity contribution in [1.82, 2.24) is 0 Å². The van der Waals surface area contributed by atoms with Gasteiger partial charge in [0, 0.05) is 23.8 Å². The highest BCUT2D eigenvalue weighted by Crippen LogP contribution is 2.44. The Kier molecular flexibility index (Phi) is 2.06. The number of carboxylic acids is 2. The van der Waals surface area contributed by atoms with Gasteiger partial charge in [0.2, 0.25) is 0 Å². The fraction of sp³-hybridized carbons (Fsp3) is 0.600. The molecule has 76 valence electrons. The molecular weight excluding hydrogens is 184 g/mol. The SMILES string of the molecule is O=C([O-])[C@@H]1[C@H](C(=O)[O-])[C@H]2C=C[C@H]1CC2. The molecule has 3 rings (SSSR count). The third kappa shape index (κ3) is 1.22. The Labute approximate surface area is 81.2 Å². The Morgan fingerprint density at radius 1 is 0.929 bits per heavy atom. The molecule has 0 saturated heterocycles. The van der Waals surface area contributed by atoms with Crippen molar-refractivity contribution in [2.24, 2.45) is 23.7 Å². The van der Waals surface area contributed by atoms with Crippen LogP contribution in [0.3, 0.4) is 0 Å². The Balaban J connectivity index is 2.33. The first-order chi connectivity index (χ1) is 6.61. The number of rotatable bonds is 2. The predicted molar refractivity (Wildman–Crippen MR) is 42.3 cm³/mol. The van der Waals surface area contributed by atoms with Crippen LogP contribution in [0.2, 0.25) is 0 Å². The van der Waals surface area contributed by atoms with Gasteiger partial charge in [0.05, 0.1) is 0 Å². The first-order valence-corrected chi connectivity index (χ1v) is 4.71. The summed E-state index contributed by atoms with van der Waals surface area (Å²) in [6.07, 6.45) is 5.08. The van der Waals surface area contributed by atoms with Crippen molar-refractivity contribution >= 4 is 11.9 Å². The van der Waals surface area contributed by atoms with Gasteiger partial charge in [-0.05, 0) is 24.7 Å². The summed E-state index contributed by atoms with van der Waals surface area (Å²) in [5.74, 6) is -4.70. The molecule has 3 aliphatic carbocycles. The van der Waals surface area contributed by atoms with Gasteiger partial charge in [0.25, 0.3) is 0 Å². The number of carbonyl (C=O) groups is 2. The standard InChI is InChI=1S/C10H12O4/c11-9(12)7-5-1-2-6(4-3-5)8(7)10(13)14/h1-2,5-8H,3-4H2,(H,11,12)(H,13,14)/p-2/t5-,6-,7-,8+/m0/s1. The Hall–Kier alpha value is -1.32. The van der Waals surface area contributed by atoms with Crippen LogP contribution < -0.4 is 10.2 Å². The molecule has 0 amide bonds. The smallest absolute Gasteiger partial charge is 0.0457 e. The molecular formula is C10H10O4-2. The molecule has 14 heavy (non-hydrogen) atoms. The molecule has 4 heteroatoms. The molecule has 1 fully saturated rings. The summed E-state index contributed by atoms with van der Waals surface area (Å²) in [6.45, 7) is 0. The zero-order chi connectivity index (χ0) is 10.3. The van der Waals surface area contributed by atoms with Gasteiger partial charge < -0.3 is 19.8 Å². The van der Waals surface area contributed by atoms with Gasteiger partial charge in [-0.3, -0.25) is 0 Å². The van der Waals surface area contributed by atoms with E-state index in [1.165, 1.54) is 0 Å². The third-order valence-electron chi connectivity index (χ3n) is 3.29. The number of carboxylic acid groups (broad SMARTS) is 2. The number of aliphatic carboxylic acids is 2. The fourth-order valence-corrected chi connectivity index (χ4v) is 2.64. The van der Waals surface area contributed by atoms with Crippen molar-refractivity contribution < 1.29 is 19.8 Å². The summed E-state index contributed by atoms with van der Waals surface area (Å²) in [6, 6.07) is 0. The van der Waals surface area contributed by atoms with Crippen LogP contribution in [-0.4, -0.2) is 11.9 Å². The van der Waals surface area contributed by atoms with Crippen LogP contribution in [0, 0.1) is 23.7 Å². The molecule has 0 spiro atoms. The summed E-state index contributed by atoms with van der Waals surface area (Å²) in [4.78, 5) is 21.6. The van der Waals surface area contributed by atoms with Crippen LogP contribution in [0.4, 0.5) is 0 Å². The van der Waals surface area contributed by atoms with E-state index in [1.54, 1.807) is 12.2 Å². The van der Waals surface area contributed by atoms with E-state index in [1.807, 2.05) is 0 Å². The molecule has 1 saturated carbocycles. The quantitative estimate of drug-likeness (QED) is 0.491. The van der Waals surface area contributed by atoms with Crippen molar-refractivity contribution in [2.75, 3.05) is 0 Å². The monoisotopic (exact) mass is 194 g/mol. The van der Waals surface area contributed by atoms with Crippen molar-refractivity contribution in [2.45, 2.75) is 12.8 Å².